The highest BCUT2D eigenvalue weighted by Gasteiger charge is 2.24. The van der Waals surface area contributed by atoms with Crippen LogP contribution in [-0.4, -0.2) is 20.7 Å². The van der Waals surface area contributed by atoms with E-state index in [-0.39, 0.29) is 0 Å². The summed E-state index contributed by atoms with van der Waals surface area (Å²) in [4.78, 5) is 15.6. The fourth-order valence-electron chi connectivity index (χ4n) is 4.31. The molecule has 5 rings (SSSR count). The third-order valence-electron chi connectivity index (χ3n) is 5.72. The second kappa shape index (κ2) is 8.41. The van der Waals surface area contributed by atoms with Crippen molar-refractivity contribution >= 4 is 43.5 Å². The lowest BCUT2D eigenvalue weighted by atomic mass is 10.0. The Hall–Kier alpha value is -1.98. The monoisotopic (exact) mass is 419 g/mol. The van der Waals surface area contributed by atoms with E-state index in [0.29, 0.717) is 0 Å². The first kappa shape index (κ1) is 19.0. The number of benzene rings is 1. The van der Waals surface area contributed by atoms with E-state index >= 15 is 0 Å². The van der Waals surface area contributed by atoms with Gasteiger partial charge in [-0.05, 0) is 42.6 Å². The van der Waals surface area contributed by atoms with Crippen LogP contribution in [0.25, 0.3) is 31.7 Å². The first-order valence-corrected chi connectivity index (χ1v) is 12.4. The van der Waals surface area contributed by atoms with Crippen LogP contribution in [0.4, 0.5) is 0 Å². The summed E-state index contributed by atoms with van der Waals surface area (Å²) in [6.07, 6.45) is 10.3. The Balaban J connectivity index is 1.60. The van der Waals surface area contributed by atoms with Crippen LogP contribution in [0.3, 0.4) is 0 Å². The number of thioether (sulfide) groups is 1. The average molecular weight is 420 g/mol. The predicted octanol–water partition coefficient (Wildman–Crippen LogP) is 7.07. The van der Waals surface area contributed by atoms with Crippen molar-refractivity contribution in [2.75, 3.05) is 5.75 Å². The van der Waals surface area contributed by atoms with Crippen molar-refractivity contribution < 1.29 is 0 Å². The molecule has 4 aromatic rings. The third-order valence-corrected chi connectivity index (χ3v) is 8.01. The van der Waals surface area contributed by atoms with Crippen molar-refractivity contribution in [3.63, 3.8) is 0 Å². The van der Waals surface area contributed by atoms with Gasteiger partial charge >= 0.3 is 0 Å². The summed E-state index contributed by atoms with van der Waals surface area (Å²) in [6, 6.07) is 10.6. The molecule has 0 atom stereocenters. The Morgan fingerprint density at radius 1 is 1.00 bits per heavy atom. The lowest BCUT2D eigenvalue weighted by Gasteiger charge is -2.09. The molecule has 3 aromatic heterocycles. The smallest absolute Gasteiger partial charge is 0.127 e. The van der Waals surface area contributed by atoms with Gasteiger partial charge in [-0.3, -0.25) is 0 Å². The van der Waals surface area contributed by atoms with Crippen LogP contribution in [0.1, 0.15) is 50.2 Å². The largest absolute Gasteiger partial charge is 0.236 e. The fraction of sp³-hybridized carbons (Fsp3) is 0.375. The van der Waals surface area contributed by atoms with Crippen LogP contribution in [-0.2, 0) is 12.8 Å². The van der Waals surface area contributed by atoms with E-state index in [9.17, 15) is 0 Å². The van der Waals surface area contributed by atoms with Gasteiger partial charge in [0.15, 0.2) is 0 Å². The summed E-state index contributed by atoms with van der Waals surface area (Å²) in [5, 5.41) is 2.41. The maximum Gasteiger partial charge on any atom is 0.127 e. The van der Waals surface area contributed by atoms with Gasteiger partial charge in [0.05, 0.1) is 15.9 Å². The molecule has 0 amide bonds. The van der Waals surface area contributed by atoms with Crippen LogP contribution >= 0.6 is 23.1 Å². The Bertz CT molecular complexity index is 1150. The predicted molar refractivity (Wildman–Crippen MR) is 125 cm³/mol. The second-order valence-corrected chi connectivity index (χ2v) is 9.77. The van der Waals surface area contributed by atoms with E-state index in [1.807, 2.05) is 11.8 Å². The summed E-state index contributed by atoms with van der Waals surface area (Å²) in [5.41, 5.74) is 6.40. The number of aromatic nitrogens is 3. The van der Waals surface area contributed by atoms with Crippen molar-refractivity contribution in [1.82, 2.24) is 15.0 Å². The molecule has 29 heavy (non-hydrogen) atoms. The summed E-state index contributed by atoms with van der Waals surface area (Å²) >= 11 is 3.66. The maximum atomic E-state index is 5.16. The molecule has 0 saturated carbocycles. The molecule has 3 nitrogen and oxygen atoms in total. The van der Waals surface area contributed by atoms with E-state index in [4.69, 9.17) is 9.97 Å². The van der Waals surface area contributed by atoms with Gasteiger partial charge in [0.1, 0.15) is 16.2 Å². The third kappa shape index (κ3) is 3.55. The number of thiophene rings is 1. The van der Waals surface area contributed by atoms with Crippen molar-refractivity contribution in [3.05, 3.63) is 47.8 Å². The fourth-order valence-corrected chi connectivity index (χ4v) is 6.55. The van der Waals surface area contributed by atoms with Gasteiger partial charge < -0.3 is 0 Å². The molecule has 5 heteroatoms. The number of unbranched alkanes of at least 4 members (excludes halogenated alkanes) is 3. The highest BCUT2D eigenvalue weighted by Crippen LogP contribution is 2.43. The molecule has 0 aliphatic heterocycles. The average Bonchev–Trinajstić information content (AvgIpc) is 3.38. The lowest BCUT2D eigenvalue weighted by Crippen LogP contribution is -1.94. The van der Waals surface area contributed by atoms with Gasteiger partial charge in [-0.25, -0.2) is 15.0 Å². The minimum absolute atomic E-state index is 1.11. The molecule has 0 bridgehead atoms. The van der Waals surface area contributed by atoms with E-state index in [0.717, 1.165) is 34.0 Å². The van der Waals surface area contributed by atoms with Gasteiger partial charge in [0.25, 0.3) is 0 Å². The maximum absolute atomic E-state index is 5.16. The van der Waals surface area contributed by atoms with E-state index in [1.54, 1.807) is 17.7 Å². The molecule has 1 aliphatic rings. The van der Waals surface area contributed by atoms with Gasteiger partial charge in [0, 0.05) is 10.9 Å². The molecule has 0 spiro atoms. The van der Waals surface area contributed by atoms with E-state index in [1.165, 1.54) is 64.6 Å². The van der Waals surface area contributed by atoms with Crippen LogP contribution in [0.5, 0.6) is 0 Å². The van der Waals surface area contributed by atoms with Crippen molar-refractivity contribution in [2.24, 2.45) is 0 Å². The zero-order valence-electron chi connectivity index (χ0n) is 16.8. The standard InChI is InChI=1S/C24H25N3S2/c1-2-3-4-8-14-28-24-22-21(25-15-26-24)19-17-12-9-13-18(17)20(27-23(19)29-22)16-10-6-5-7-11-16/h5-7,10-11,15H,2-4,8-9,12-14H2,1H3. The first-order valence-electron chi connectivity index (χ1n) is 10.6. The first-order chi connectivity index (χ1) is 14.4. The van der Waals surface area contributed by atoms with Crippen molar-refractivity contribution in [1.29, 1.82) is 0 Å². The Morgan fingerprint density at radius 2 is 1.86 bits per heavy atom. The SMILES string of the molecule is CCCCCCSc1ncnc2c1sc1nc(-c3ccccc3)c3c(c12)CCC3. The number of hydrogen-bond donors (Lipinski definition) is 0. The molecule has 0 radical (unpaired) electrons. The van der Waals surface area contributed by atoms with E-state index < -0.39 is 0 Å². The van der Waals surface area contributed by atoms with Crippen LogP contribution < -0.4 is 0 Å². The molecule has 0 saturated heterocycles. The molecule has 0 unspecified atom stereocenters. The van der Waals surface area contributed by atoms with E-state index in [2.05, 4.69) is 42.2 Å². The molecule has 0 fully saturated rings. The molecule has 148 valence electrons. The Labute approximate surface area is 180 Å². The zero-order chi connectivity index (χ0) is 19.6. The summed E-state index contributed by atoms with van der Waals surface area (Å²) < 4.78 is 1.22. The number of aryl methyl sites for hydroxylation is 1. The van der Waals surface area contributed by atoms with Crippen LogP contribution in [0.2, 0.25) is 0 Å². The van der Waals surface area contributed by atoms with Crippen molar-refractivity contribution in [3.8, 4) is 11.3 Å². The highest BCUT2D eigenvalue weighted by atomic mass is 32.2. The number of pyridine rings is 1. The Morgan fingerprint density at radius 3 is 2.72 bits per heavy atom. The number of nitrogens with zero attached hydrogens (tertiary/aromatic N) is 3. The normalized spacial score (nSPS) is 13.4. The highest BCUT2D eigenvalue weighted by molar-refractivity contribution is 7.99. The summed E-state index contributed by atoms with van der Waals surface area (Å²) in [6.45, 7) is 2.26. The summed E-state index contributed by atoms with van der Waals surface area (Å²) in [5.74, 6) is 1.13. The van der Waals surface area contributed by atoms with Gasteiger partial charge in [-0.1, -0.05) is 56.5 Å². The quantitative estimate of drug-likeness (QED) is 0.182. The number of rotatable bonds is 7. The lowest BCUT2D eigenvalue weighted by molar-refractivity contribution is 0.706. The van der Waals surface area contributed by atoms with Gasteiger partial charge in [-0.2, -0.15) is 0 Å². The Kier molecular flexibility index (Phi) is 5.51. The minimum Gasteiger partial charge on any atom is -0.236 e. The summed E-state index contributed by atoms with van der Waals surface area (Å²) in [7, 11) is 0. The molecule has 1 aliphatic carbocycles. The van der Waals surface area contributed by atoms with Crippen molar-refractivity contribution in [2.45, 2.75) is 56.9 Å². The zero-order valence-corrected chi connectivity index (χ0v) is 18.4. The number of fused-ring (bicyclic) bond motifs is 5. The van der Waals surface area contributed by atoms with Crippen LogP contribution in [0.15, 0.2) is 41.7 Å². The van der Waals surface area contributed by atoms with Gasteiger partial charge in [0.2, 0.25) is 0 Å². The molecular weight excluding hydrogens is 394 g/mol. The molecule has 1 aromatic carbocycles. The second-order valence-electron chi connectivity index (χ2n) is 7.68. The molecule has 0 N–H and O–H groups in total. The molecular formula is C24H25N3S2. The van der Waals surface area contributed by atoms with Gasteiger partial charge in [-0.15, -0.1) is 23.1 Å². The minimum atomic E-state index is 1.11. The molecule has 3 heterocycles. The topological polar surface area (TPSA) is 38.7 Å². The number of hydrogen-bond acceptors (Lipinski definition) is 5. The van der Waals surface area contributed by atoms with Crippen LogP contribution in [0, 0.1) is 0 Å².